The summed E-state index contributed by atoms with van der Waals surface area (Å²) in [4.78, 5) is 11.1. The van der Waals surface area contributed by atoms with Crippen LogP contribution in [0.1, 0.15) is 21.6 Å². The van der Waals surface area contributed by atoms with Crippen molar-refractivity contribution in [3.63, 3.8) is 0 Å². The summed E-state index contributed by atoms with van der Waals surface area (Å²) in [5.74, 6) is -2.28. The lowest BCUT2D eigenvalue weighted by Gasteiger charge is -2.15. The largest absolute Gasteiger partial charge is 0.417 e. The number of H-pyrrole nitrogens is 1. The third-order valence-electron chi connectivity index (χ3n) is 2.66. The van der Waals surface area contributed by atoms with Crippen molar-refractivity contribution in [2.24, 2.45) is 5.73 Å². The molecule has 0 bridgehead atoms. The molecule has 2 aromatic rings. The zero-order chi connectivity index (χ0) is 15.1. The fourth-order valence-corrected chi connectivity index (χ4v) is 1.86. The number of aromatic amines is 1. The first-order valence-electron chi connectivity index (χ1n) is 5.30. The van der Waals surface area contributed by atoms with Gasteiger partial charge in [0.2, 0.25) is 0 Å². The predicted octanol–water partition coefficient (Wildman–Crippen LogP) is 2.04. The van der Waals surface area contributed by atoms with Gasteiger partial charge in [0.15, 0.2) is 5.69 Å². The van der Waals surface area contributed by atoms with Crippen LogP contribution in [0.5, 0.6) is 0 Å². The third-order valence-corrected chi connectivity index (χ3v) is 2.66. The zero-order valence-electron chi connectivity index (χ0n) is 10.0. The topological polar surface area (TPSA) is 84.7 Å². The van der Waals surface area contributed by atoms with E-state index in [0.29, 0.717) is 0 Å². The van der Waals surface area contributed by atoms with Gasteiger partial charge in [0.05, 0.1) is 11.1 Å². The Hall–Kier alpha value is -2.45. The number of primary amides is 1. The van der Waals surface area contributed by atoms with Crippen molar-refractivity contribution in [3.8, 4) is 11.3 Å². The molecule has 0 aliphatic carbocycles. The van der Waals surface area contributed by atoms with Crippen LogP contribution in [-0.2, 0) is 6.18 Å². The number of nitrogens with one attached hydrogen (secondary N) is 1. The van der Waals surface area contributed by atoms with Gasteiger partial charge in [0.25, 0.3) is 5.91 Å². The molecule has 1 amide bonds. The van der Waals surface area contributed by atoms with Crippen LogP contribution >= 0.6 is 0 Å². The van der Waals surface area contributed by atoms with Crippen molar-refractivity contribution in [3.05, 3.63) is 34.8 Å². The molecular formula is C11H8F4N4O. The third kappa shape index (κ3) is 2.22. The molecule has 3 N–H and O–H groups in total. The SMILES string of the molecule is Cc1ccc(F)c(-c2n[nH]nc2C(N)=O)c1C(F)(F)F. The van der Waals surface area contributed by atoms with Gasteiger partial charge in [-0.2, -0.15) is 28.6 Å². The van der Waals surface area contributed by atoms with E-state index in [0.717, 1.165) is 12.1 Å². The Morgan fingerprint density at radius 1 is 1.30 bits per heavy atom. The number of rotatable bonds is 2. The molecule has 1 aromatic carbocycles. The molecule has 0 atom stereocenters. The summed E-state index contributed by atoms with van der Waals surface area (Å²) in [5.41, 5.74) is 1.60. The number of aromatic nitrogens is 3. The van der Waals surface area contributed by atoms with Gasteiger partial charge in [-0.25, -0.2) is 4.39 Å². The predicted molar refractivity (Wildman–Crippen MR) is 60.0 cm³/mol. The number of nitrogens with two attached hydrogens (primary N) is 1. The maximum Gasteiger partial charge on any atom is 0.417 e. The molecule has 5 nitrogen and oxygen atoms in total. The standard InChI is InChI=1S/C11H8F4N4O/c1-4-2-3-5(12)6(7(4)11(13,14)15)8-9(10(16)20)18-19-17-8/h2-3H,1H3,(H2,16,20)(H,17,18,19). The smallest absolute Gasteiger partial charge is 0.364 e. The highest BCUT2D eigenvalue weighted by Crippen LogP contribution is 2.40. The molecule has 106 valence electrons. The first kappa shape index (κ1) is 14.0. The molecule has 0 spiro atoms. The summed E-state index contributed by atoms with van der Waals surface area (Å²) in [7, 11) is 0. The van der Waals surface area contributed by atoms with Gasteiger partial charge in [-0.1, -0.05) is 6.07 Å². The van der Waals surface area contributed by atoms with E-state index in [4.69, 9.17) is 5.73 Å². The monoisotopic (exact) mass is 288 g/mol. The molecular weight excluding hydrogens is 280 g/mol. The molecule has 1 aromatic heterocycles. The number of halogens is 4. The van der Waals surface area contributed by atoms with Crippen LogP contribution in [-0.4, -0.2) is 21.3 Å². The Morgan fingerprint density at radius 3 is 2.50 bits per heavy atom. The Balaban J connectivity index is 2.83. The van der Waals surface area contributed by atoms with Crippen LogP contribution in [0.25, 0.3) is 11.3 Å². The number of hydrogen-bond donors (Lipinski definition) is 2. The van der Waals surface area contributed by atoms with E-state index in [9.17, 15) is 22.4 Å². The van der Waals surface area contributed by atoms with Crippen LogP contribution in [0.2, 0.25) is 0 Å². The lowest BCUT2D eigenvalue weighted by atomic mass is 9.97. The zero-order valence-corrected chi connectivity index (χ0v) is 10.0. The summed E-state index contributed by atoms with van der Waals surface area (Å²) in [6.45, 7) is 1.18. The molecule has 1 heterocycles. The van der Waals surface area contributed by atoms with Gasteiger partial charge in [-0.3, -0.25) is 4.79 Å². The van der Waals surface area contributed by atoms with E-state index in [-0.39, 0.29) is 5.56 Å². The quantitative estimate of drug-likeness (QED) is 0.829. The summed E-state index contributed by atoms with van der Waals surface area (Å²) in [5, 5.41) is 8.72. The van der Waals surface area contributed by atoms with Crippen LogP contribution in [0.4, 0.5) is 17.6 Å². The van der Waals surface area contributed by atoms with Gasteiger partial charge >= 0.3 is 6.18 Å². The fourth-order valence-electron chi connectivity index (χ4n) is 1.86. The van der Waals surface area contributed by atoms with Crippen molar-refractivity contribution in [2.75, 3.05) is 0 Å². The van der Waals surface area contributed by atoms with E-state index in [1.165, 1.54) is 6.92 Å². The first-order valence-corrected chi connectivity index (χ1v) is 5.30. The van der Waals surface area contributed by atoms with Gasteiger partial charge in [0.1, 0.15) is 11.5 Å². The number of alkyl halides is 3. The lowest BCUT2D eigenvalue weighted by molar-refractivity contribution is -0.137. The van der Waals surface area contributed by atoms with Crippen LogP contribution < -0.4 is 5.73 Å². The lowest BCUT2D eigenvalue weighted by Crippen LogP contribution is -2.16. The number of aryl methyl sites for hydroxylation is 1. The number of nitrogens with zero attached hydrogens (tertiary/aromatic N) is 2. The Kier molecular flexibility index (Phi) is 3.20. The average Bonchev–Trinajstić information content (AvgIpc) is 2.79. The van der Waals surface area contributed by atoms with Crippen molar-refractivity contribution >= 4 is 5.91 Å². The Labute approximate surface area is 109 Å². The summed E-state index contributed by atoms with van der Waals surface area (Å²) in [6.07, 6.45) is -4.81. The van der Waals surface area contributed by atoms with E-state index < -0.39 is 40.4 Å². The number of carbonyl (C=O) groups excluding carboxylic acids is 1. The van der Waals surface area contributed by atoms with Crippen molar-refractivity contribution in [1.82, 2.24) is 15.4 Å². The highest BCUT2D eigenvalue weighted by molar-refractivity contribution is 5.97. The van der Waals surface area contributed by atoms with Crippen molar-refractivity contribution in [1.29, 1.82) is 0 Å². The minimum Gasteiger partial charge on any atom is -0.364 e. The van der Waals surface area contributed by atoms with E-state index in [2.05, 4.69) is 10.2 Å². The maximum absolute atomic E-state index is 13.8. The second-order valence-corrected chi connectivity index (χ2v) is 4.00. The summed E-state index contributed by atoms with van der Waals surface area (Å²) < 4.78 is 53.1. The number of carbonyl (C=O) groups is 1. The van der Waals surface area contributed by atoms with Crippen molar-refractivity contribution < 1.29 is 22.4 Å². The number of benzene rings is 1. The average molecular weight is 288 g/mol. The molecule has 20 heavy (non-hydrogen) atoms. The normalized spacial score (nSPS) is 11.7. The van der Waals surface area contributed by atoms with E-state index in [1.807, 2.05) is 5.21 Å². The molecule has 0 saturated heterocycles. The van der Waals surface area contributed by atoms with Crippen molar-refractivity contribution in [2.45, 2.75) is 13.1 Å². The van der Waals surface area contributed by atoms with Crippen LogP contribution in [0.3, 0.4) is 0 Å². The van der Waals surface area contributed by atoms with E-state index in [1.54, 1.807) is 0 Å². The van der Waals surface area contributed by atoms with Gasteiger partial charge in [-0.15, -0.1) is 0 Å². The van der Waals surface area contributed by atoms with Gasteiger partial charge in [-0.05, 0) is 18.6 Å². The number of hydrogen-bond acceptors (Lipinski definition) is 3. The fraction of sp³-hybridized carbons (Fsp3) is 0.182. The minimum absolute atomic E-state index is 0.202. The highest BCUT2D eigenvalue weighted by Gasteiger charge is 2.38. The Bertz CT molecular complexity index is 678. The summed E-state index contributed by atoms with van der Waals surface area (Å²) in [6, 6.07) is 1.85. The molecule has 0 aliphatic rings. The second-order valence-electron chi connectivity index (χ2n) is 4.00. The first-order chi connectivity index (χ1) is 9.23. The molecule has 0 fully saturated rings. The molecule has 2 rings (SSSR count). The molecule has 0 saturated carbocycles. The molecule has 0 unspecified atom stereocenters. The molecule has 9 heteroatoms. The minimum atomic E-state index is -4.81. The Morgan fingerprint density at radius 2 is 1.95 bits per heavy atom. The van der Waals surface area contributed by atoms with Crippen LogP contribution in [0, 0.1) is 12.7 Å². The van der Waals surface area contributed by atoms with Gasteiger partial charge in [0, 0.05) is 0 Å². The molecule has 0 radical (unpaired) electrons. The van der Waals surface area contributed by atoms with Gasteiger partial charge < -0.3 is 5.73 Å². The number of amides is 1. The van der Waals surface area contributed by atoms with Crippen LogP contribution in [0.15, 0.2) is 12.1 Å². The second kappa shape index (κ2) is 4.58. The maximum atomic E-state index is 13.8. The summed E-state index contributed by atoms with van der Waals surface area (Å²) >= 11 is 0. The molecule has 0 aliphatic heterocycles. The highest BCUT2D eigenvalue weighted by atomic mass is 19.4. The van der Waals surface area contributed by atoms with E-state index >= 15 is 0 Å².